The number of nitrogens with one attached hydrogen (secondary N) is 2. The fraction of sp³-hybridized carbons (Fsp3) is 0.0500. The Morgan fingerprint density at radius 1 is 1.17 bits per heavy atom. The van der Waals surface area contributed by atoms with Crippen molar-refractivity contribution in [2.24, 2.45) is 0 Å². The van der Waals surface area contributed by atoms with Gasteiger partial charge in [0, 0.05) is 29.0 Å². The molecule has 30 heavy (non-hydrogen) atoms. The van der Waals surface area contributed by atoms with Crippen LogP contribution in [0.25, 0.3) is 22.3 Å². The lowest BCUT2D eigenvalue weighted by atomic mass is 10.2. The number of nitrogen functional groups attached to an aromatic ring is 1. The lowest BCUT2D eigenvalue weighted by Gasteiger charge is -2.11. The molecule has 0 atom stereocenters. The number of hydrogen-bond acceptors (Lipinski definition) is 7. The molecule has 0 unspecified atom stereocenters. The third-order valence-corrected chi connectivity index (χ3v) is 5.03. The smallest absolute Gasteiger partial charge is 0.325 e. The van der Waals surface area contributed by atoms with Crippen molar-refractivity contribution in [2.75, 3.05) is 16.4 Å². The van der Waals surface area contributed by atoms with Gasteiger partial charge in [-0.2, -0.15) is 0 Å². The van der Waals surface area contributed by atoms with E-state index in [4.69, 9.17) is 5.73 Å². The Labute approximate surface area is 174 Å². The molecule has 150 valence electrons. The van der Waals surface area contributed by atoms with Gasteiger partial charge in [-0.1, -0.05) is 6.58 Å². The molecule has 9 nitrogen and oxygen atoms in total. The number of amides is 2. The van der Waals surface area contributed by atoms with Crippen molar-refractivity contribution in [1.82, 2.24) is 19.5 Å². The second-order valence-electron chi connectivity index (χ2n) is 6.45. The molecule has 0 aliphatic carbocycles. The van der Waals surface area contributed by atoms with Crippen molar-refractivity contribution in [3.8, 4) is 5.69 Å². The average molecular weight is 419 g/mol. The highest BCUT2D eigenvalue weighted by atomic mass is 32.1. The number of urea groups is 1. The van der Waals surface area contributed by atoms with Crippen LogP contribution in [-0.4, -0.2) is 25.6 Å². The monoisotopic (exact) mass is 419 g/mol. The van der Waals surface area contributed by atoms with Crippen LogP contribution >= 0.6 is 11.3 Å². The van der Waals surface area contributed by atoms with E-state index in [-0.39, 0.29) is 16.6 Å². The van der Waals surface area contributed by atoms with Crippen LogP contribution in [0.1, 0.15) is 12.6 Å². The molecule has 0 aliphatic heterocycles. The van der Waals surface area contributed by atoms with Gasteiger partial charge in [-0.25, -0.2) is 19.7 Å². The lowest BCUT2D eigenvalue weighted by Crippen LogP contribution is -2.19. The number of thiazole rings is 1. The first kappa shape index (κ1) is 19.3. The van der Waals surface area contributed by atoms with E-state index < -0.39 is 6.03 Å². The molecule has 0 aliphatic rings. The van der Waals surface area contributed by atoms with E-state index in [2.05, 4.69) is 32.2 Å². The molecule has 4 aromatic rings. The first-order valence-corrected chi connectivity index (χ1v) is 9.72. The van der Waals surface area contributed by atoms with E-state index in [0.29, 0.717) is 16.5 Å². The highest BCUT2D eigenvalue weighted by molar-refractivity contribution is 7.14. The number of allylic oxidation sites excluding steroid dienone is 1. The van der Waals surface area contributed by atoms with Crippen LogP contribution in [-0.2, 0) is 0 Å². The summed E-state index contributed by atoms with van der Waals surface area (Å²) in [5.74, 6) is 0.131. The normalized spacial score (nSPS) is 10.7. The van der Waals surface area contributed by atoms with E-state index >= 15 is 0 Å². The Morgan fingerprint density at radius 3 is 2.63 bits per heavy atom. The quantitative estimate of drug-likeness (QED) is 0.464. The number of anilines is 3. The van der Waals surface area contributed by atoms with Gasteiger partial charge < -0.3 is 15.6 Å². The predicted molar refractivity (Wildman–Crippen MR) is 119 cm³/mol. The van der Waals surface area contributed by atoms with Gasteiger partial charge in [0.25, 0.3) is 0 Å². The number of aromatic nitrogens is 4. The fourth-order valence-electron chi connectivity index (χ4n) is 2.80. The van der Waals surface area contributed by atoms with Crippen LogP contribution in [0, 0.1) is 0 Å². The molecule has 3 aromatic heterocycles. The first-order chi connectivity index (χ1) is 14.4. The third kappa shape index (κ3) is 3.76. The molecule has 4 rings (SSSR count). The summed E-state index contributed by atoms with van der Waals surface area (Å²) in [4.78, 5) is 36.7. The number of hydrogen-bond donors (Lipinski definition) is 3. The average Bonchev–Trinajstić information content (AvgIpc) is 3.18. The van der Waals surface area contributed by atoms with Crippen LogP contribution in [0.2, 0.25) is 0 Å². The van der Waals surface area contributed by atoms with E-state index in [9.17, 15) is 9.59 Å². The standard InChI is InChI=1S/C20H17N7O2S/c1-11(2)14-9-30-20(25-14)26-19(29)24-12-3-5-13(6-4-12)27-8-7-15(28)16-17(21)22-10-23-18(16)27/h3-10H,1H2,2H3,(H2,21,22,23)(H2,24,25,26,29). The molecule has 0 radical (unpaired) electrons. The Morgan fingerprint density at radius 2 is 1.93 bits per heavy atom. The maximum absolute atomic E-state index is 12.2. The van der Waals surface area contributed by atoms with Gasteiger partial charge >= 0.3 is 6.03 Å². The third-order valence-electron chi connectivity index (χ3n) is 4.27. The van der Waals surface area contributed by atoms with E-state index in [1.54, 1.807) is 35.0 Å². The van der Waals surface area contributed by atoms with Crippen molar-refractivity contribution >= 4 is 50.6 Å². The number of rotatable bonds is 4. The fourth-order valence-corrected chi connectivity index (χ4v) is 3.58. The van der Waals surface area contributed by atoms with Crippen molar-refractivity contribution < 1.29 is 4.79 Å². The maximum atomic E-state index is 12.2. The van der Waals surface area contributed by atoms with E-state index in [1.165, 1.54) is 23.7 Å². The number of carbonyl (C=O) groups excluding carboxylic acids is 1. The van der Waals surface area contributed by atoms with Gasteiger partial charge in [0.05, 0.1) is 5.69 Å². The van der Waals surface area contributed by atoms with Crippen molar-refractivity contribution in [3.63, 3.8) is 0 Å². The predicted octanol–water partition coefficient (Wildman–Crippen LogP) is 3.50. The zero-order valence-corrected chi connectivity index (χ0v) is 16.7. The van der Waals surface area contributed by atoms with E-state index in [1.807, 2.05) is 12.3 Å². The highest BCUT2D eigenvalue weighted by Gasteiger charge is 2.11. The Hall–Kier alpha value is -4.05. The zero-order chi connectivity index (χ0) is 21.3. The molecule has 3 heterocycles. The van der Waals surface area contributed by atoms with Crippen LogP contribution in [0.15, 0.2) is 59.6 Å². The van der Waals surface area contributed by atoms with Crippen LogP contribution < -0.4 is 21.8 Å². The summed E-state index contributed by atoms with van der Waals surface area (Å²) < 4.78 is 1.73. The minimum Gasteiger partial charge on any atom is -0.383 e. The number of nitrogens with two attached hydrogens (primary N) is 1. The summed E-state index contributed by atoms with van der Waals surface area (Å²) in [6.45, 7) is 5.68. The molecule has 4 N–H and O–H groups in total. The van der Waals surface area contributed by atoms with E-state index in [0.717, 1.165) is 17.0 Å². The van der Waals surface area contributed by atoms with Gasteiger partial charge in [-0.15, -0.1) is 11.3 Å². The topological polar surface area (TPSA) is 128 Å². The summed E-state index contributed by atoms with van der Waals surface area (Å²) in [6.07, 6.45) is 2.93. The van der Waals surface area contributed by atoms with Gasteiger partial charge in [-0.3, -0.25) is 10.1 Å². The van der Waals surface area contributed by atoms with Crippen molar-refractivity contribution in [3.05, 3.63) is 70.7 Å². The second kappa shape index (κ2) is 7.76. The van der Waals surface area contributed by atoms with Crippen LogP contribution in [0.4, 0.5) is 21.4 Å². The zero-order valence-electron chi connectivity index (χ0n) is 15.9. The van der Waals surface area contributed by atoms with Crippen LogP contribution in [0.5, 0.6) is 0 Å². The number of fused-ring (bicyclic) bond motifs is 1. The highest BCUT2D eigenvalue weighted by Crippen LogP contribution is 2.21. The van der Waals surface area contributed by atoms with Gasteiger partial charge in [-0.05, 0) is 36.8 Å². The summed E-state index contributed by atoms with van der Waals surface area (Å²) in [6, 6.07) is 8.07. The molecule has 1 aromatic carbocycles. The van der Waals surface area contributed by atoms with Gasteiger partial charge in [0.2, 0.25) is 0 Å². The van der Waals surface area contributed by atoms with Crippen LogP contribution in [0.3, 0.4) is 0 Å². The molecule has 0 bridgehead atoms. The lowest BCUT2D eigenvalue weighted by molar-refractivity contribution is 0.262. The van der Waals surface area contributed by atoms with Gasteiger partial charge in [0.1, 0.15) is 17.5 Å². The molecule has 0 spiro atoms. The summed E-state index contributed by atoms with van der Waals surface area (Å²) in [5.41, 5.74) is 8.91. The molecule has 0 saturated carbocycles. The number of carbonyl (C=O) groups is 1. The molecule has 2 amide bonds. The number of nitrogens with zero attached hydrogens (tertiary/aromatic N) is 4. The van der Waals surface area contributed by atoms with Crippen molar-refractivity contribution in [2.45, 2.75) is 6.92 Å². The maximum Gasteiger partial charge on any atom is 0.325 e. The Balaban J connectivity index is 1.53. The molecule has 0 saturated heterocycles. The summed E-state index contributed by atoms with van der Waals surface area (Å²) in [7, 11) is 0. The minimum absolute atomic E-state index is 0.131. The second-order valence-corrected chi connectivity index (χ2v) is 7.31. The number of pyridine rings is 1. The summed E-state index contributed by atoms with van der Waals surface area (Å²) >= 11 is 1.32. The SMILES string of the molecule is C=C(C)c1csc(NC(=O)Nc2ccc(-n3ccc(=O)c4c(N)ncnc43)cc2)n1. The molecular formula is C20H17N7O2S. The number of benzene rings is 1. The minimum atomic E-state index is -0.403. The molecular weight excluding hydrogens is 402 g/mol. The Bertz CT molecular complexity index is 1330. The molecule has 10 heteroatoms. The first-order valence-electron chi connectivity index (χ1n) is 8.84. The van der Waals surface area contributed by atoms with Crippen molar-refractivity contribution in [1.29, 1.82) is 0 Å². The molecule has 0 fully saturated rings. The summed E-state index contributed by atoms with van der Waals surface area (Å²) in [5, 5.41) is 8.03. The Kier molecular flexibility index (Phi) is 4.98. The van der Waals surface area contributed by atoms with Gasteiger partial charge in [0.15, 0.2) is 16.2 Å². The largest absolute Gasteiger partial charge is 0.383 e.